The SMILES string of the molecule is [CH2]NCC(=O)NO. The minimum Gasteiger partial charge on any atom is -0.307 e. The molecule has 0 saturated heterocycles. The number of nitrogens with one attached hydrogen (secondary N) is 2. The van der Waals surface area contributed by atoms with Crippen molar-refractivity contribution in [2.45, 2.75) is 0 Å². The van der Waals surface area contributed by atoms with Crippen molar-refractivity contribution < 1.29 is 10.0 Å². The molecular weight excluding hydrogens is 96.0 g/mol. The van der Waals surface area contributed by atoms with Crippen LogP contribution in [0.5, 0.6) is 0 Å². The summed E-state index contributed by atoms with van der Waals surface area (Å²) in [6.45, 7) is 0.0382. The molecule has 0 aliphatic heterocycles. The van der Waals surface area contributed by atoms with Crippen LogP contribution in [-0.4, -0.2) is 17.7 Å². The summed E-state index contributed by atoms with van der Waals surface area (Å²) >= 11 is 0. The van der Waals surface area contributed by atoms with Gasteiger partial charge in [-0.1, -0.05) is 0 Å². The van der Waals surface area contributed by atoms with Crippen molar-refractivity contribution in [3.05, 3.63) is 7.05 Å². The van der Waals surface area contributed by atoms with Gasteiger partial charge in [-0.25, -0.2) is 5.48 Å². The van der Waals surface area contributed by atoms with Crippen molar-refractivity contribution in [2.24, 2.45) is 0 Å². The zero-order chi connectivity index (χ0) is 5.70. The fourth-order valence-electron chi connectivity index (χ4n) is 0.153. The lowest BCUT2D eigenvalue weighted by Crippen LogP contribution is -2.28. The van der Waals surface area contributed by atoms with E-state index in [1.807, 2.05) is 0 Å². The van der Waals surface area contributed by atoms with Crippen molar-refractivity contribution in [1.29, 1.82) is 0 Å². The largest absolute Gasteiger partial charge is 0.307 e. The maximum Gasteiger partial charge on any atom is 0.257 e. The normalized spacial score (nSPS) is 8.29. The van der Waals surface area contributed by atoms with Crippen molar-refractivity contribution in [1.82, 2.24) is 10.8 Å². The van der Waals surface area contributed by atoms with Gasteiger partial charge in [-0.3, -0.25) is 10.0 Å². The molecule has 1 amide bonds. The molecule has 0 aromatic carbocycles. The molecule has 0 heterocycles. The zero-order valence-electron chi connectivity index (χ0n) is 3.77. The molecule has 0 rings (SSSR count). The molecule has 0 saturated carbocycles. The van der Waals surface area contributed by atoms with Gasteiger partial charge in [0, 0.05) is 7.05 Å². The van der Waals surface area contributed by atoms with Gasteiger partial charge < -0.3 is 5.32 Å². The van der Waals surface area contributed by atoms with Crippen LogP contribution < -0.4 is 10.8 Å². The van der Waals surface area contributed by atoms with Gasteiger partial charge in [0.1, 0.15) is 0 Å². The van der Waals surface area contributed by atoms with Gasteiger partial charge in [0.2, 0.25) is 0 Å². The number of rotatable bonds is 2. The third-order valence-corrected chi connectivity index (χ3v) is 0.410. The van der Waals surface area contributed by atoms with Crippen molar-refractivity contribution in [3.8, 4) is 0 Å². The molecule has 0 aliphatic carbocycles. The summed E-state index contributed by atoms with van der Waals surface area (Å²) in [5.74, 6) is -0.491. The van der Waals surface area contributed by atoms with Crippen LogP contribution >= 0.6 is 0 Å². The summed E-state index contributed by atoms with van der Waals surface area (Å²) in [6.07, 6.45) is 0. The molecule has 0 aromatic heterocycles. The monoisotopic (exact) mass is 103 g/mol. The highest BCUT2D eigenvalue weighted by Crippen LogP contribution is 1.53. The second-order valence-electron chi connectivity index (χ2n) is 0.962. The number of carbonyl (C=O) groups is 1. The number of hydrogen-bond donors (Lipinski definition) is 3. The van der Waals surface area contributed by atoms with Gasteiger partial charge in [-0.15, -0.1) is 0 Å². The fraction of sp³-hybridized carbons (Fsp3) is 0.333. The average Bonchev–Trinajstić information content (AvgIpc) is 1.68. The minimum atomic E-state index is -0.491. The predicted molar refractivity (Wildman–Crippen MR) is 23.3 cm³/mol. The molecule has 3 N–H and O–H groups in total. The number of amides is 1. The van der Waals surface area contributed by atoms with E-state index in [9.17, 15) is 4.79 Å². The third kappa shape index (κ3) is 3.21. The van der Waals surface area contributed by atoms with E-state index in [4.69, 9.17) is 5.21 Å². The van der Waals surface area contributed by atoms with Crippen molar-refractivity contribution in [3.63, 3.8) is 0 Å². The van der Waals surface area contributed by atoms with E-state index in [2.05, 4.69) is 12.4 Å². The summed E-state index contributed by atoms with van der Waals surface area (Å²) in [5, 5.41) is 10.1. The lowest BCUT2D eigenvalue weighted by atomic mass is 10.6. The number of hydrogen-bond acceptors (Lipinski definition) is 3. The van der Waals surface area contributed by atoms with Crippen LogP contribution in [-0.2, 0) is 4.79 Å². The molecule has 4 heteroatoms. The molecule has 7 heavy (non-hydrogen) atoms. The second-order valence-corrected chi connectivity index (χ2v) is 0.962. The summed E-state index contributed by atoms with van der Waals surface area (Å²) in [5.41, 5.74) is 1.42. The highest BCUT2D eigenvalue weighted by Gasteiger charge is 1.90. The predicted octanol–water partition coefficient (Wildman–Crippen LogP) is -1.13. The van der Waals surface area contributed by atoms with Gasteiger partial charge in [0.15, 0.2) is 0 Å². The number of hydroxylamine groups is 1. The first-order valence-electron chi connectivity index (χ1n) is 1.74. The quantitative estimate of drug-likeness (QED) is 0.306. The van der Waals surface area contributed by atoms with Gasteiger partial charge in [-0.2, -0.15) is 0 Å². The molecule has 0 aliphatic rings. The molecule has 0 atom stereocenters. The minimum absolute atomic E-state index is 0.0382. The van der Waals surface area contributed by atoms with E-state index in [0.29, 0.717) is 0 Å². The highest BCUT2D eigenvalue weighted by molar-refractivity contribution is 5.76. The summed E-state index contributed by atoms with van der Waals surface area (Å²) in [7, 11) is 3.15. The van der Waals surface area contributed by atoms with Crippen molar-refractivity contribution >= 4 is 5.91 Å². The van der Waals surface area contributed by atoms with Crippen LogP contribution in [0.2, 0.25) is 0 Å². The lowest BCUT2D eigenvalue weighted by Gasteiger charge is -1.92. The van der Waals surface area contributed by atoms with E-state index in [-0.39, 0.29) is 6.54 Å². The van der Waals surface area contributed by atoms with Crippen molar-refractivity contribution in [2.75, 3.05) is 6.54 Å². The Bertz CT molecular complexity index is 64.0. The van der Waals surface area contributed by atoms with E-state index in [0.717, 1.165) is 0 Å². The molecule has 0 unspecified atom stereocenters. The number of carbonyl (C=O) groups excluding carboxylic acids is 1. The topological polar surface area (TPSA) is 61.4 Å². The van der Waals surface area contributed by atoms with Crippen LogP contribution in [0, 0.1) is 7.05 Å². The maximum atomic E-state index is 9.95. The third-order valence-electron chi connectivity index (χ3n) is 0.410. The first-order chi connectivity index (χ1) is 3.31. The lowest BCUT2D eigenvalue weighted by molar-refractivity contribution is -0.128. The molecule has 0 fully saturated rings. The van der Waals surface area contributed by atoms with Crippen LogP contribution in [0.25, 0.3) is 0 Å². The second kappa shape index (κ2) is 3.58. The highest BCUT2D eigenvalue weighted by atomic mass is 16.5. The Hall–Kier alpha value is -0.610. The summed E-state index contributed by atoms with van der Waals surface area (Å²) in [6, 6.07) is 0. The van der Waals surface area contributed by atoms with Gasteiger partial charge in [0.25, 0.3) is 5.91 Å². The maximum absolute atomic E-state index is 9.95. The Morgan fingerprint density at radius 1 is 1.86 bits per heavy atom. The van der Waals surface area contributed by atoms with Crippen LogP contribution in [0.3, 0.4) is 0 Å². The average molecular weight is 103 g/mol. The zero-order valence-corrected chi connectivity index (χ0v) is 3.77. The van der Waals surface area contributed by atoms with Gasteiger partial charge in [-0.05, 0) is 0 Å². The Labute approximate surface area is 41.5 Å². The summed E-state index contributed by atoms with van der Waals surface area (Å²) < 4.78 is 0. The van der Waals surface area contributed by atoms with E-state index < -0.39 is 5.91 Å². The molecule has 0 spiro atoms. The molecule has 0 aromatic rings. The van der Waals surface area contributed by atoms with Crippen LogP contribution in [0.1, 0.15) is 0 Å². The molecule has 1 radical (unpaired) electrons. The Balaban J connectivity index is 3.00. The van der Waals surface area contributed by atoms with Crippen LogP contribution in [0.4, 0.5) is 0 Å². The first kappa shape index (κ1) is 6.39. The van der Waals surface area contributed by atoms with E-state index in [1.54, 1.807) is 0 Å². The van der Waals surface area contributed by atoms with Gasteiger partial charge in [0.05, 0.1) is 6.54 Å². The standard InChI is InChI=1S/C3H7N2O2/c1-4-2-3(6)5-7/h4,7H,1-2H2,(H,5,6). The van der Waals surface area contributed by atoms with Gasteiger partial charge >= 0.3 is 0 Å². The smallest absolute Gasteiger partial charge is 0.257 e. The molecule has 0 bridgehead atoms. The van der Waals surface area contributed by atoms with Crippen LogP contribution in [0.15, 0.2) is 0 Å². The Kier molecular flexibility index (Phi) is 3.26. The Morgan fingerprint density at radius 2 is 2.43 bits per heavy atom. The fourth-order valence-corrected chi connectivity index (χ4v) is 0.153. The van der Waals surface area contributed by atoms with E-state index >= 15 is 0 Å². The molecular formula is C3H7N2O2. The molecule has 41 valence electrons. The van der Waals surface area contributed by atoms with E-state index in [1.165, 1.54) is 5.48 Å². The molecule has 4 nitrogen and oxygen atoms in total. The Morgan fingerprint density at radius 3 is 2.57 bits per heavy atom. The first-order valence-corrected chi connectivity index (χ1v) is 1.74. The summed E-state index contributed by atoms with van der Waals surface area (Å²) in [4.78, 5) is 9.95.